The van der Waals surface area contributed by atoms with E-state index in [2.05, 4.69) is 9.97 Å². The molecule has 0 N–H and O–H groups in total. The molecule has 0 bridgehead atoms. The van der Waals surface area contributed by atoms with Gasteiger partial charge in [-0.25, -0.2) is 18.7 Å². The summed E-state index contributed by atoms with van der Waals surface area (Å²) in [6.45, 7) is 2.29. The van der Waals surface area contributed by atoms with Crippen LogP contribution in [0.5, 0.6) is 0 Å². The van der Waals surface area contributed by atoms with Gasteiger partial charge in [-0.1, -0.05) is 11.3 Å². The Labute approximate surface area is 166 Å². The number of carbonyl (C=O) groups is 1. The van der Waals surface area contributed by atoms with E-state index in [0.717, 1.165) is 16.3 Å². The molecule has 28 heavy (non-hydrogen) atoms. The number of benzene rings is 2. The fourth-order valence-corrected chi connectivity index (χ4v) is 5.13. The van der Waals surface area contributed by atoms with Gasteiger partial charge in [0.2, 0.25) is 0 Å². The molecule has 0 spiro atoms. The van der Waals surface area contributed by atoms with Crippen molar-refractivity contribution in [3.05, 3.63) is 53.0 Å². The molecule has 4 aromatic rings. The smallest absolute Gasteiger partial charge is 0.254 e. The standard InChI is InChI=1S/C19H14F2N4OS2/c20-12-8-13(21)17-16(9-12)28-19(23-17)25-5-3-24(4-6-25)18(26)11-1-2-14-15(7-11)27-10-22-14/h1-2,7-10H,3-6H2. The molecule has 1 fully saturated rings. The van der Waals surface area contributed by atoms with Crippen LogP contribution in [0.25, 0.3) is 20.4 Å². The Balaban J connectivity index is 1.32. The molecule has 9 heteroatoms. The van der Waals surface area contributed by atoms with Gasteiger partial charge >= 0.3 is 0 Å². The fraction of sp³-hybridized carbons (Fsp3) is 0.211. The van der Waals surface area contributed by atoms with Crippen molar-refractivity contribution in [2.24, 2.45) is 0 Å². The van der Waals surface area contributed by atoms with E-state index in [1.165, 1.54) is 28.7 Å². The van der Waals surface area contributed by atoms with Gasteiger partial charge in [-0.15, -0.1) is 11.3 Å². The average molecular weight is 416 g/mol. The summed E-state index contributed by atoms with van der Waals surface area (Å²) in [6.07, 6.45) is 0. The summed E-state index contributed by atoms with van der Waals surface area (Å²) in [5, 5.41) is 0.651. The topological polar surface area (TPSA) is 49.3 Å². The van der Waals surface area contributed by atoms with Gasteiger partial charge in [0.15, 0.2) is 10.9 Å². The van der Waals surface area contributed by atoms with Crippen molar-refractivity contribution in [1.82, 2.24) is 14.9 Å². The number of fused-ring (bicyclic) bond motifs is 2. The van der Waals surface area contributed by atoms with E-state index in [0.29, 0.717) is 41.6 Å². The first kappa shape index (κ1) is 17.4. The highest BCUT2D eigenvalue weighted by Gasteiger charge is 2.24. The van der Waals surface area contributed by atoms with Gasteiger partial charge in [0.05, 0.1) is 20.4 Å². The Kier molecular flexibility index (Phi) is 4.21. The first-order valence-corrected chi connectivity index (χ1v) is 10.4. The third-order valence-corrected chi connectivity index (χ3v) is 6.67. The number of piperazine rings is 1. The third kappa shape index (κ3) is 3.00. The van der Waals surface area contributed by atoms with Crippen LogP contribution in [0.1, 0.15) is 10.4 Å². The number of carbonyl (C=O) groups excluding carboxylic acids is 1. The van der Waals surface area contributed by atoms with Gasteiger partial charge in [0.25, 0.3) is 5.91 Å². The molecule has 142 valence electrons. The number of aromatic nitrogens is 2. The van der Waals surface area contributed by atoms with Crippen LogP contribution in [0.4, 0.5) is 13.9 Å². The van der Waals surface area contributed by atoms with E-state index in [-0.39, 0.29) is 11.4 Å². The van der Waals surface area contributed by atoms with Crippen LogP contribution >= 0.6 is 22.7 Å². The lowest BCUT2D eigenvalue weighted by Crippen LogP contribution is -2.48. The maximum Gasteiger partial charge on any atom is 0.254 e. The summed E-state index contributed by atoms with van der Waals surface area (Å²) in [5.74, 6) is -1.26. The van der Waals surface area contributed by atoms with Gasteiger partial charge < -0.3 is 9.80 Å². The predicted octanol–water partition coefficient (Wildman–Crippen LogP) is 4.15. The first-order valence-electron chi connectivity index (χ1n) is 8.71. The Morgan fingerprint density at radius 1 is 1.04 bits per heavy atom. The number of amides is 1. The molecular formula is C19H14F2N4OS2. The van der Waals surface area contributed by atoms with Crippen LogP contribution in [0, 0.1) is 11.6 Å². The molecule has 0 radical (unpaired) electrons. The van der Waals surface area contributed by atoms with E-state index >= 15 is 0 Å². The van der Waals surface area contributed by atoms with Gasteiger partial charge in [0.1, 0.15) is 11.3 Å². The fourth-order valence-electron chi connectivity index (χ4n) is 3.35. The molecule has 3 heterocycles. The van der Waals surface area contributed by atoms with Crippen molar-refractivity contribution < 1.29 is 13.6 Å². The second kappa shape index (κ2) is 6.75. The van der Waals surface area contributed by atoms with Crippen LogP contribution in [-0.4, -0.2) is 47.0 Å². The molecular weight excluding hydrogens is 402 g/mol. The number of nitrogens with zero attached hydrogens (tertiary/aromatic N) is 4. The average Bonchev–Trinajstić information content (AvgIpc) is 3.33. The highest BCUT2D eigenvalue weighted by molar-refractivity contribution is 7.22. The minimum atomic E-state index is -0.648. The van der Waals surface area contributed by atoms with Crippen molar-refractivity contribution in [1.29, 1.82) is 0 Å². The highest BCUT2D eigenvalue weighted by Crippen LogP contribution is 2.31. The summed E-state index contributed by atoms with van der Waals surface area (Å²) in [5.41, 5.74) is 3.51. The van der Waals surface area contributed by atoms with Crippen LogP contribution in [0.15, 0.2) is 35.8 Å². The monoisotopic (exact) mass is 416 g/mol. The number of hydrogen-bond donors (Lipinski definition) is 0. The summed E-state index contributed by atoms with van der Waals surface area (Å²) in [4.78, 5) is 25.2. The summed E-state index contributed by atoms with van der Waals surface area (Å²) in [7, 11) is 0. The molecule has 0 saturated carbocycles. The second-order valence-electron chi connectivity index (χ2n) is 6.54. The number of halogens is 2. The Morgan fingerprint density at radius 2 is 1.86 bits per heavy atom. The Morgan fingerprint density at radius 3 is 2.68 bits per heavy atom. The molecule has 1 aliphatic rings. The molecule has 0 atom stereocenters. The summed E-state index contributed by atoms with van der Waals surface area (Å²) < 4.78 is 28.8. The van der Waals surface area contributed by atoms with Gasteiger partial charge in [-0.2, -0.15) is 0 Å². The maximum absolute atomic E-state index is 13.9. The largest absolute Gasteiger partial charge is 0.345 e. The lowest BCUT2D eigenvalue weighted by Gasteiger charge is -2.34. The van der Waals surface area contributed by atoms with E-state index < -0.39 is 11.6 Å². The molecule has 2 aromatic heterocycles. The van der Waals surface area contributed by atoms with E-state index in [1.54, 1.807) is 5.51 Å². The van der Waals surface area contributed by atoms with Crippen LogP contribution in [0.2, 0.25) is 0 Å². The normalized spacial score (nSPS) is 14.9. The highest BCUT2D eigenvalue weighted by atomic mass is 32.1. The predicted molar refractivity (Wildman–Crippen MR) is 107 cm³/mol. The van der Waals surface area contributed by atoms with E-state index in [4.69, 9.17) is 0 Å². The lowest BCUT2D eigenvalue weighted by atomic mass is 10.1. The molecule has 0 aliphatic carbocycles. The Bertz CT molecular complexity index is 1200. The molecule has 1 aliphatic heterocycles. The van der Waals surface area contributed by atoms with Crippen molar-refractivity contribution in [2.45, 2.75) is 0 Å². The molecule has 1 saturated heterocycles. The molecule has 1 amide bonds. The van der Waals surface area contributed by atoms with Crippen molar-refractivity contribution >= 4 is 54.1 Å². The minimum absolute atomic E-state index is 0.00707. The lowest BCUT2D eigenvalue weighted by molar-refractivity contribution is 0.0747. The number of hydrogen-bond acceptors (Lipinski definition) is 6. The van der Waals surface area contributed by atoms with Gasteiger partial charge in [-0.3, -0.25) is 4.79 Å². The molecule has 0 unspecified atom stereocenters. The number of rotatable bonds is 2. The summed E-state index contributed by atoms with van der Waals surface area (Å²) in [6, 6.07) is 7.70. The van der Waals surface area contributed by atoms with E-state index in [1.807, 2.05) is 28.0 Å². The van der Waals surface area contributed by atoms with Crippen molar-refractivity contribution in [3.63, 3.8) is 0 Å². The molecule has 5 nitrogen and oxygen atoms in total. The number of thiazole rings is 2. The van der Waals surface area contributed by atoms with Crippen LogP contribution < -0.4 is 4.90 Å². The van der Waals surface area contributed by atoms with Gasteiger partial charge in [0, 0.05) is 37.8 Å². The third-order valence-electron chi connectivity index (χ3n) is 4.82. The zero-order valence-corrected chi connectivity index (χ0v) is 16.2. The first-order chi connectivity index (χ1) is 13.6. The second-order valence-corrected chi connectivity index (χ2v) is 8.44. The Hall–Kier alpha value is -2.65. The minimum Gasteiger partial charge on any atom is -0.345 e. The quantitative estimate of drug-likeness (QED) is 0.493. The zero-order valence-electron chi connectivity index (χ0n) is 14.6. The maximum atomic E-state index is 13.9. The summed E-state index contributed by atoms with van der Waals surface area (Å²) >= 11 is 2.78. The van der Waals surface area contributed by atoms with Crippen LogP contribution in [-0.2, 0) is 0 Å². The molecule has 5 rings (SSSR count). The molecule has 2 aromatic carbocycles. The number of anilines is 1. The zero-order chi connectivity index (χ0) is 19.3. The van der Waals surface area contributed by atoms with Gasteiger partial charge in [-0.05, 0) is 24.3 Å². The SMILES string of the molecule is O=C(c1ccc2ncsc2c1)N1CCN(c2nc3c(F)cc(F)cc3s2)CC1. The van der Waals surface area contributed by atoms with E-state index in [9.17, 15) is 13.6 Å². The van der Waals surface area contributed by atoms with Crippen molar-refractivity contribution in [2.75, 3.05) is 31.1 Å². The van der Waals surface area contributed by atoms with Crippen molar-refractivity contribution in [3.8, 4) is 0 Å². The van der Waals surface area contributed by atoms with Crippen LogP contribution in [0.3, 0.4) is 0 Å².